The van der Waals surface area contributed by atoms with Gasteiger partial charge in [-0.3, -0.25) is 4.90 Å². The normalized spacial score (nSPS) is 16.3. The maximum absolute atomic E-state index is 14.6. The number of piperazine rings is 1. The maximum atomic E-state index is 14.6. The van der Waals surface area contributed by atoms with E-state index in [-0.39, 0.29) is 36.4 Å². The van der Waals surface area contributed by atoms with Crippen molar-refractivity contribution in [3.8, 4) is 0 Å². The molecule has 1 aromatic carbocycles. The van der Waals surface area contributed by atoms with E-state index in [1.165, 1.54) is 12.1 Å². The summed E-state index contributed by atoms with van der Waals surface area (Å²) in [4.78, 5) is 3.14. The second-order valence-corrected chi connectivity index (χ2v) is 6.28. The van der Waals surface area contributed by atoms with E-state index in [2.05, 4.69) is 10.2 Å². The van der Waals surface area contributed by atoms with Gasteiger partial charge in [0.15, 0.2) is 0 Å². The van der Waals surface area contributed by atoms with Crippen molar-refractivity contribution in [2.75, 3.05) is 26.2 Å². The summed E-state index contributed by atoms with van der Waals surface area (Å²) in [5.74, 6) is -0.887. The number of rotatable bonds is 3. The van der Waals surface area contributed by atoms with E-state index < -0.39 is 11.6 Å². The van der Waals surface area contributed by atoms with Crippen LogP contribution in [0.5, 0.6) is 0 Å². The number of hydrogen-bond acceptors (Lipinski definition) is 3. The molecule has 0 radical (unpaired) electrons. The smallest absolute Gasteiger partial charge is 0.134 e. The first-order chi connectivity index (χ1) is 10.2. The van der Waals surface area contributed by atoms with Crippen molar-refractivity contribution in [1.29, 1.82) is 0 Å². The average molecular weight is 381 g/mol. The summed E-state index contributed by atoms with van der Waals surface area (Å²) in [5, 5.41) is 5.24. The van der Waals surface area contributed by atoms with Crippen LogP contribution in [0.25, 0.3) is 0 Å². The molecule has 1 aliphatic heterocycles. The number of nitrogens with one attached hydrogen (secondary N) is 1. The Hall–Kier alpha value is -0.720. The Morgan fingerprint density at radius 3 is 2.43 bits per heavy atom. The minimum atomic E-state index is -0.463. The second kappa shape index (κ2) is 8.94. The van der Waals surface area contributed by atoms with E-state index >= 15 is 0 Å². The Bertz CT molecular complexity index is 617. The largest absolute Gasteiger partial charge is 0.314 e. The Morgan fingerprint density at radius 1 is 1.13 bits per heavy atom. The van der Waals surface area contributed by atoms with Crippen LogP contribution in [0.2, 0.25) is 0 Å². The summed E-state index contributed by atoms with van der Waals surface area (Å²) in [7, 11) is 0. The minimum absolute atomic E-state index is 0. The third kappa shape index (κ3) is 4.22. The van der Waals surface area contributed by atoms with E-state index in [0.717, 1.165) is 31.1 Å². The molecule has 128 valence electrons. The molecule has 23 heavy (non-hydrogen) atoms. The number of aryl methyl sites for hydroxylation is 1. The van der Waals surface area contributed by atoms with Crippen molar-refractivity contribution >= 4 is 36.2 Å². The van der Waals surface area contributed by atoms with Gasteiger partial charge in [-0.05, 0) is 30.0 Å². The van der Waals surface area contributed by atoms with Gasteiger partial charge in [-0.2, -0.15) is 0 Å². The van der Waals surface area contributed by atoms with Crippen LogP contribution in [0.4, 0.5) is 8.78 Å². The lowest BCUT2D eigenvalue weighted by atomic mass is 9.99. The lowest BCUT2D eigenvalue weighted by molar-refractivity contribution is 0.194. The highest BCUT2D eigenvalue weighted by molar-refractivity contribution is 7.10. The molecule has 1 aromatic heterocycles. The second-order valence-electron chi connectivity index (χ2n) is 5.30. The first kappa shape index (κ1) is 20.3. The van der Waals surface area contributed by atoms with Gasteiger partial charge in [0.25, 0.3) is 0 Å². The molecule has 0 unspecified atom stereocenters. The van der Waals surface area contributed by atoms with Gasteiger partial charge in [0.1, 0.15) is 11.6 Å². The summed E-state index contributed by atoms with van der Waals surface area (Å²) in [6.07, 6.45) is 0. The molecule has 1 fully saturated rings. The molecule has 2 nitrogen and oxygen atoms in total. The van der Waals surface area contributed by atoms with Gasteiger partial charge >= 0.3 is 0 Å². The number of nitrogens with zero attached hydrogens (tertiary/aromatic N) is 1. The van der Waals surface area contributed by atoms with Crippen LogP contribution in [0, 0.1) is 18.6 Å². The predicted octanol–water partition coefficient (Wildman–Crippen LogP) is 4.17. The highest BCUT2D eigenvalue weighted by Gasteiger charge is 2.30. The minimum Gasteiger partial charge on any atom is -0.314 e. The lowest BCUT2D eigenvalue weighted by Gasteiger charge is -2.35. The third-order valence-electron chi connectivity index (χ3n) is 3.92. The van der Waals surface area contributed by atoms with Crippen molar-refractivity contribution in [2.45, 2.75) is 13.0 Å². The number of hydrogen-bond donors (Lipinski definition) is 1. The van der Waals surface area contributed by atoms with Crippen LogP contribution in [-0.4, -0.2) is 31.1 Å². The summed E-state index contributed by atoms with van der Waals surface area (Å²) in [5.41, 5.74) is 0.669. The molecular weight excluding hydrogens is 361 g/mol. The fourth-order valence-corrected chi connectivity index (χ4v) is 3.69. The number of thiophene rings is 1. The van der Waals surface area contributed by atoms with Gasteiger partial charge in [-0.25, -0.2) is 8.78 Å². The quantitative estimate of drug-likeness (QED) is 0.859. The highest BCUT2D eigenvalue weighted by atomic mass is 35.5. The Labute approximate surface area is 151 Å². The van der Waals surface area contributed by atoms with E-state index in [1.54, 1.807) is 18.3 Å². The van der Waals surface area contributed by atoms with Gasteiger partial charge in [0.05, 0.1) is 6.04 Å². The Kier molecular flexibility index (Phi) is 7.90. The van der Waals surface area contributed by atoms with Crippen LogP contribution < -0.4 is 5.32 Å². The fraction of sp³-hybridized carbons (Fsp3) is 0.375. The molecule has 3 rings (SSSR count). The molecule has 1 aliphatic rings. The molecule has 1 N–H and O–H groups in total. The van der Waals surface area contributed by atoms with Crippen LogP contribution >= 0.6 is 36.2 Å². The molecule has 0 aliphatic carbocycles. The molecular formula is C16H20Cl2F2N2S. The van der Waals surface area contributed by atoms with Crippen LogP contribution in [0.3, 0.4) is 0 Å². The Balaban J connectivity index is 0.00000132. The maximum Gasteiger partial charge on any atom is 0.134 e. The monoisotopic (exact) mass is 380 g/mol. The SMILES string of the molecule is Cc1ccc(F)c([C@@H](c2cccs2)N2CCNCC2)c1F.Cl.Cl. The van der Waals surface area contributed by atoms with Crippen molar-refractivity contribution < 1.29 is 8.78 Å². The van der Waals surface area contributed by atoms with Gasteiger partial charge in [0, 0.05) is 36.6 Å². The van der Waals surface area contributed by atoms with E-state index in [9.17, 15) is 8.78 Å². The van der Waals surface area contributed by atoms with Crippen LogP contribution in [0.1, 0.15) is 22.0 Å². The average Bonchev–Trinajstić information content (AvgIpc) is 3.02. The zero-order valence-electron chi connectivity index (χ0n) is 12.7. The lowest BCUT2D eigenvalue weighted by Crippen LogP contribution is -2.45. The molecule has 0 spiro atoms. The van der Waals surface area contributed by atoms with E-state index in [0.29, 0.717) is 5.56 Å². The van der Waals surface area contributed by atoms with Crippen molar-refractivity contribution in [1.82, 2.24) is 10.2 Å². The molecule has 7 heteroatoms. The predicted molar refractivity (Wildman–Crippen MR) is 96.2 cm³/mol. The molecule has 1 saturated heterocycles. The van der Waals surface area contributed by atoms with E-state index in [1.807, 2.05) is 17.5 Å². The first-order valence-corrected chi connectivity index (χ1v) is 7.99. The topological polar surface area (TPSA) is 15.3 Å². The molecule has 0 bridgehead atoms. The van der Waals surface area contributed by atoms with Crippen LogP contribution in [-0.2, 0) is 0 Å². The van der Waals surface area contributed by atoms with Crippen molar-refractivity contribution in [3.05, 3.63) is 57.3 Å². The zero-order chi connectivity index (χ0) is 14.8. The summed E-state index contributed by atoms with van der Waals surface area (Å²) in [6.45, 7) is 4.94. The fourth-order valence-electron chi connectivity index (χ4n) is 2.82. The summed E-state index contributed by atoms with van der Waals surface area (Å²) in [6, 6.07) is 6.42. The van der Waals surface area contributed by atoms with Crippen molar-refractivity contribution in [3.63, 3.8) is 0 Å². The first-order valence-electron chi connectivity index (χ1n) is 7.11. The highest BCUT2D eigenvalue weighted by Crippen LogP contribution is 2.35. The van der Waals surface area contributed by atoms with E-state index in [4.69, 9.17) is 0 Å². The molecule has 0 saturated carbocycles. The van der Waals surface area contributed by atoms with Gasteiger partial charge in [-0.1, -0.05) is 12.1 Å². The third-order valence-corrected chi connectivity index (χ3v) is 4.85. The molecule has 2 aromatic rings. The number of benzene rings is 1. The summed E-state index contributed by atoms with van der Waals surface area (Å²) < 4.78 is 28.9. The molecule has 1 atom stereocenters. The molecule has 2 heterocycles. The van der Waals surface area contributed by atoms with Crippen LogP contribution in [0.15, 0.2) is 29.6 Å². The van der Waals surface area contributed by atoms with Gasteiger partial charge in [-0.15, -0.1) is 36.2 Å². The van der Waals surface area contributed by atoms with Crippen molar-refractivity contribution in [2.24, 2.45) is 0 Å². The molecule has 0 amide bonds. The van der Waals surface area contributed by atoms with Gasteiger partial charge < -0.3 is 5.32 Å². The van der Waals surface area contributed by atoms with Gasteiger partial charge in [0.2, 0.25) is 0 Å². The standard InChI is InChI=1S/C16H18F2N2S.2ClH/c1-11-4-5-12(17)14(15(11)18)16(13-3-2-10-21-13)20-8-6-19-7-9-20;;/h2-5,10,16,19H,6-9H2,1H3;2*1H/t16-;;/m1../s1. The Morgan fingerprint density at radius 2 is 1.83 bits per heavy atom. The summed E-state index contributed by atoms with van der Waals surface area (Å²) >= 11 is 1.55. The zero-order valence-corrected chi connectivity index (χ0v) is 15.2. The number of halogens is 4.